The molecule has 7 aromatic heterocycles. The summed E-state index contributed by atoms with van der Waals surface area (Å²) in [7, 11) is 2.40. The Balaban J connectivity index is 0.000000292. The van der Waals surface area contributed by atoms with Gasteiger partial charge in [-0.05, 0) is 292 Å². The van der Waals surface area contributed by atoms with E-state index in [1.165, 1.54) is 87.0 Å². The molecule has 1 aliphatic rings. The van der Waals surface area contributed by atoms with E-state index in [1.807, 2.05) is 106 Å². The summed E-state index contributed by atoms with van der Waals surface area (Å²) in [5.41, 5.74) is 5.94. The fourth-order valence-corrected chi connectivity index (χ4v) is 15.4. The molecule has 1 saturated heterocycles. The largest absolute Gasteiger partial charge is 1.00 e. The number of benzene rings is 8. The van der Waals surface area contributed by atoms with Gasteiger partial charge in [-0.25, -0.2) is 14.4 Å². The number of ether oxygens (including phenoxy) is 5. The minimum atomic E-state index is -3.80. The summed E-state index contributed by atoms with van der Waals surface area (Å²) in [5, 5.41) is 63.4. The van der Waals surface area contributed by atoms with Gasteiger partial charge in [0.1, 0.15) is 17.2 Å². The zero-order valence-corrected chi connectivity index (χ0v) is 91.2. The molecule has 11 N–H and O–H groups in total. The van der Waals surface area contributed by atoms with Crippen LogP contribution in [0.3, 0.4) is 0 Å². The number of carbonyl (C=O) groups excluding carboxylic acids is 4. The van der Waals surface area contributed by atoms with Crippen molar-refractivity contribution >= 4 is 235 Å². The minimum Gasteiger partial charge on any atom is -1.00 e. The molecule has 0 radical (unpaired) electrons. The molecule has 738 valence electrons. The summed E-state index contributed by atoms with van der Waals surface area (Å²) >= 11 is 30.0. The number of hydrogen-bond acceptors (Lipinski definition) is 22. The number of halogens is 14. The summed E-state index contributed by atoms with van der Waals surface area (Å²) in [5.74, 6) is 1.44. The monoisotopic (exact) mass is 2370 g/mol. The van der Waals surface area contributed by atoms with E-state index in [-0.39, 0.29) is 139 Å². The number of nitrogens with one attached hydrogen (secondary N) is 5. The third-order valence-corrected chi connectivity index (χ3v) is 22.0. The van der Waals surface area contributed by atoms with Gasteiger partial charge in [0.15, 0.2) is 0 Å². The number of carbonyl (C=O) groups is 5. The minimum absolute atomic E-state index is 0. The number of anilines is 3. The molecule has 1 fully saturated rings. The van der Waals surface area contributed by atoms with Crippen molar-refractivity contribution in [2.24, 2.45) is 5.84 Å². The van der Waals surface area contributed by atoms with E-state index in [9.17, 15) is 50.3 Å². The number of aromatic amines is 3. The van der Waals surface area contributed by atoms with E-state index >= 15 is 0 Å². The Morgan fingerprint density at radius 2 is 0.814 bits per heavy atom. The number of nitrogens with zero attached hydrogens (tertiary/aromatic N) is 12. The van der Waals surface area contributed by atoms with E-state index in [2.05, 4.69) is 212 Å². The number of aromatic carboxylic acids is 1. The molecule has 1 aliphatic heterocycles. The Bertz CT molecular complexity index is 6620. The Kier molecular flexibility index (Phi) is 45.4. The summed E-state index contributed by atoms with van der Waals surface area (Å²) < 4.78 is 120. The van der Waals surface area contributed by atoms with E-state index in [1.54, 1.807) is 104 Å². The molecule has 0 bridgehead atoms. The molecular weight excluding hydrogens is 2280 g/mol. The van der Waals surface area contributed by atoms with Crippen molar-refractivity contribution < 1.29 is 143 Å². The predicted octanol–water partition coefficient (Wildman–Crippen LogP) is 18.3. The number of rotatable bonds is 19. The summed E-state index contributed by atoms with van der Waals surface area (Å²) in [6, 6.07) is 38.1. The van der Waals surface area contributed by atoms with Crippen LogP contribution in [0.2, 0.25) is 0 Å². The van der Waals surface area contributed by atoms with Crippen LogP contribution in [0.15, 0.2) is 207 Å². The van der Waals surface area contributed by atoms with Gasteiger partial charge in [0.2, 0.25) is 0 Å². The number of fused-ring (bicyclic) bond motifs is 5. The van der Waals surface area contributed by atoms with Crippen LogP contribution >= 0.6 is 121 Å². The maximum absolute atomic E-state index is 12.9. The summed E-state index contributed by atoms with van der Waals surface area (Å²) in [6.07, 6.45) is 11.9. The molecule has 0 spiro atoms. The van der Waals surface area contributed by atoms with Gasteiger partial charge >= 0.3 is 90.1 Å². The van der Waals surface area contributed by atoms with Gasteiger partial charge in [-0.1, -0.05) is 36.4 Å². The second-order valence-corrected chi connectivity index (χ2v) is 39.1. The van der Waals surface area contributed by atoms with Crippen LogP contribution < -0.4 is 90.4 Å². The van der Waals surface area contributed by atoms with Crippen LogP contribution in [-0.4, -0.2) is 163 Å². The van der Waals surface area contributed by atoms with Gasteiger partial charge in [-0.3, -0.25) is 43.6 Å². The standard InChI is InChI=1S/C21H18ClF2N5O2.C18H15BrClF2N3O2.C12H13BrN2O2.C11H11BrN2O2.C9H15BN2O2.C9H7BrN2O2.C7H6ClF2NO.C3H7I.Li.H3N2O.Na.H/c1-12(2)29-19-14(11-26-29)9-13(10-17(19)18-7-8-25-28-18)20(30)27-15-3-5-16(6-4-15)31-21(22,23)24;1-10(2)25-16-12(9-23-25)7-11(8-15(16)19)17(26)24-13-3-5-14(6-4-13)27-18(20,21)22;1-7(2)15-11-9(6-14-15)4-8(5-10(11)13)12(16)17-3;1-6(2)14-10-8(5-13-14)3-7(11(15)16)4-9(10)12;1-8(2)9(3,4)14-10(13-8)7-5-6-11-12-7;1-14-9(13)5-2-6-4-11-12-8(6)7(10)3-5;8-7(9,10)12-6-3-1-5(11)2-4-6;1-3(2)4;;1-2-3;;/h3-12H,1-2H3,(H,25,28)(H,27,30);3-10H,1-2H3,(H,24,26);4-7H,1-3H3;3-6H,1-2H3,(H,15,16);5-6H,1-4H3,(H,11,12);2-4H,1H3,(H,11,12);1-4H,11H2;3H,1-2H3;;3H,1H2;;/q;;;;;;;;+1;-1;+1;-1. The number of nitrogen functional groups attached to an aromatic ring is 1. The third kappa shape index (κ3) is 34.5. The van der Waals surface area contributed by atoms with Crippen molar-refractivity contribution in [1.82, 2.24) is 69.7 Å². The number of nitrogens with two attached hydrogens (primary N) is 2. The van der Waals surface area contributed by atoms with Crippen molar-refractivity contribution in [3.05, 3.63) is 240 Å². The molecule has 8 heterocycles. The van der Waals surface area contributed by atoms with Gasteiger partial charge < -0.3 is 72.5 Å². The number of hydrogen-bond donors (Lipinski definition) is 9. The Hall–Kier alpha value is -9.36. The first-order valence-electron chi connectivity index (χ1n) is 41.2. The van der Waals surface area contributed by atoms with Gasteiger partial charge in [-0.2, -0.15) is 35.7 Å². The Morgan fingerprint density at radius 1 is 0.493 bits per heavy atom. The van der Waals surface area contributed by atoms with E-state index < -0.39 is 22.7 Å². The van der Waals surface area contributed by atoms with Gasteiger partial charge in [0.05, 0.1) is 112 Å². The predicted molar refractivity (Wildman–Crippen MR) is 542 cm³/mol. The molecule has 8 aromatic carbocycles. The third-order valence-electron chi connectivity index (χ3n) is 19.3. The first-order valence-corrected chi connectivity index (χ1v) is 46.7. The van der Waals surface area contributed by atoms with Gasteiger partial charge in [0.25, 0.3) is 11.8 Å². The molecule has 2 amide bonds. The fourth-order valence-electron chi connectivity index (χ4n) is 12.6. The number of H-pyrrole nitrogens is 3. The Labute approximate surface area is 897 Å². The quantitative estimate of drug-likeness (QED) is 0.00530. The van der Waals surface area contributed by atoms with Crippen molar-refractivity contribution in [2.45, 2.75) is 153 Å². The van der Waals surface area contributed by atoms with Crippen LogP contribution in [0.1, 0.15) is 174 Å². The summed E-state index contributed by atoms with van der Waals surface area (Å²) in [4.78, 5) is 59.1. The molecule has 50 heteroatoms. The average Bonchev–Trinajstić information content (AvgIpc) is 1.40. The topological polar surface area (TPSA) is 438 Å². The van der Waals surface area contributed by atoms with Crippen molar-refractivity contribution in [3.8, 4) is 28.5 Å². The van der Waals surface area contributed by atoms with Gasteiger partial charge in [0, 0.05) is 154 Å². The number of carboxylic acid groups (broad SMARTS) is 1. The van der Waals surface area contributed by atoms with E-state index in [0.29, 0.717) is 39.3 Å². The molecule has 140 heavy (non-hydrogen) atoms. The molecular formula is C90H96BBr4Cl3F6ILiN19NaO14. The average molecular weight is 2380 g/mol. The van der Waals surface area contributed by atoms with Crippen molar-refractivity contribution in [2.75, 3.05) is 30.6 Å². The molecule has 0 aliphatic carbocycles. The maximum atomic E-state index is 12.9. The molecule has 0 saturated carbocycles. The number of amides is 2. The van der Waals surface area contributed by atoms with Crippen molar-refractivity contribution in [3.63, 3.8) is 0 Å². The number of carboxylic acids is 1. The van der Waals surface area contributed by atoms with Crippen LogP contribution in [0.25, 0.3) is 71.4 Å². The molecule has 0 unspecified atom stereocenters. The van der Waals surface area contributed by atoms with Crippen LogP contribution in [0.5, 0.6) is 17.2 Å². The van der Waals surface area contributed by atoms with Crippen LogP contribution in [0, 0.1) is 0 Å². The zero-order valence-electron chi connectivity index (χ0n) is 79.5. The summed E-state index contributed by atoms with van der Waals surface area (Å²) in [6.45, 7) is 28.7. The Morgan fingerprint density at radius 3 is 1.16 bits per heavy atom. The van der Waals surface area contributed by atoms with Gasteiger partial charge in [-0.15, -0.1) is 26.3 Å². The molecule has 33 nitrogen and oxygen atoms in total. The number of aromatic nitrogens is 14. The molecule has 0 atom stereocenters. The fraction of sp³-hybridized carbons (Fsp3) is 0.289. The molecule has 16 rings (SSSR count). The maximum Gasteiger partial charge on any atom is 1.00 e. The first kappa shape index (κ1) is 119. The van der Waals surface area contributed by atoms with E-state index in [0.717, 1.165) is 93.2 Å². The van der Waals surface area contributed by atoms with Crippen molar-refractivity contribution in [1.29, 1.82) is 0 Å². The normalized spacial score (nSPS) is 12.3. The first-order chi connectivity index (χ1) is 64.7. The number of alkyl halides is 10. The second kappa shape index (κ2) is 53.3. The van der Waals surface area contributed by atoms with Crippen LogP contribution in [0.4, 0.5) is 43.4 Å². The van der Waals surface area contributed by atoms with E-state index in [4.69, 9.17) is 53.3 Å². The zero-order chi connectivity index (χ0) is 102. The SMILES string of the molecule is CC(C)I.CC(C)n1ncc2cc(C(=O)Nc3ccc(OC(F)(F)Cl)cc3)cc(-c3ccn[nH]3)c21.CC(C)n1ncc2cc(C(=O)Nc3ccc(OC(F)(F)Cl)cc3)cc(Br)c21.CC(C)n1ncc2cc(C(=O)O)cc(Br)c21.CC1(C)OB(c2ccn[nH]2)OC1(C)C.COC(=O)c1cc(Br)c2[nH]ncc2c1.COC(=O)c1cc(Br)c2c(cnn2C(C)C)c1.N[N-]O.Nc1ccc(OC(F)(F)Cl)cc1.[H-].[Li+].[Na+]. The number of esters is 2. The van der Waals surface area contributed by atoms with Crippen LogP contribution in [-0.2, 0) is 18.8 Å². The second-order valence-electron chi connectivity index (χ2n) is 31.8. The smallest absolute Gasteiger partial charge is 1.00 e. The molecule has 15 aromatic rings. The number of methoxy groups -OCH3 is 2.